The second-order valence-corrected chi connectivity index (χ2v) is 4.68. The summed E-state index contributed by atoms with van der Waals surface area (Å²) in [6.07, 6.45) is 4.23. The number of rotatable bonds is 3. The number of hydrogen-bond acceptors (Lipinski definition) is 3. The van der Waals surface area contributed by atoms with Crippen molar-refractivity contribution < 1.29 is 4.42 Å². The van der Waals surface area contributed by atoms with E-state index in [1.165, 1.54) is 11.1 Å². The standard InChI is InChI=1S/C17H16N2O/c1-2-12-3-4-14(17-19-9-10-20-17)11-16(12)13-5-7-15(18)8-6-13/h3-11H,2,18H2,1H3. The highest BCUT2D eigenvalue weighted by Crippen LogP contribution is 2.29. The molecule has 2 N–H and O–H groups in total. The van der Waals surface area contributed by atoms with Gasteiger partial charge < -0.3 is 10.2 Å². The van der Waals surface area contributed by atoms with Gasteiger partial charge in [-0.05, 0) is 47.4 Å². The van der Waals surface area contributed by atoms with Crippen LogP contribution in [0.4, 0.5) is 5.69 Å². The quantitative estimate of drug-likeness (QED) is 0.723. The van der Waals surface area contributed by atoms with Gasteiger partial charge in [-0.3, -0.25) is 0 Å². The zero-order valence-electron chi connectivity index (χ0n) is 11.3. The smallest absolute Gasteiger partial charge is 0.225 e. The van der Waals surface area contributed by atoms with Crippen molar-refractivity contribution in [2.75, 3.05) is 5.73 Å². The number of oxazole rings is 1. The summed E-state index contributed by atoms with van der Waals surface area (Å²) in [5, 5.41) is 0. The van der Waals surface area contributed by atoms with Gasteiger partial charge in [0.2, 0.25) is 5.89 Å². The number of nitrogens with two attached hydrogens (primary N) is 1. The van der Waals surface area contributed by atoms with Crippen LogP contribution in [0.2, 0.25) is 0 Å². The number of anilines is 1. The van der Waals surface area contributed by atoms with Crippen molar-refractivity contribution >= 4 is 5.69 Å². The summed E-state index contributed by atoms with van der Waals surface area (Å²) in [7, 11) is 0. The molecule has 3 aromatic rings. The minimum atomic E-state index is 0.643. The molecule has 0 fully saturated rings. The summed E-state index contributed by atoms with van der Waals surface area (Å²) in [4.78, 5) is 4.20. The lowest BCUT2D eigenvalue weighted by Gasteiger charge is -2.10. The van der Waals surface area contributed by atoms with Gasteiger partial charge in [-0.2, -0.15) is 0 Å². The van der Waals surface area contributed by atoms with Crippen LogP contribution >= 0.6 is 0 Å². The second kappa shape index (κ2) is 5.21. The van der Waals surface area contributed by atoms with Crippen LogP contribution in [0.1, 0.15) is 12.5 Å². The van der Waals surface area contributed by atoms with Crippen LogP contribution in [-0.2, 0) is 6.42 Å². The summed E-state index contributed by atoms with van der Waals surface area (Å²) < 4.78 is 5.37. The Morgan fingerprint density at radius 3 is 2.45 bits per heavy atom. The highest BCUT2D eigenvalue weighted by atomic mass is 16.3. The lowest BCUT2D eigenvalue weighted by molar-refractivity contribution is 0.574. The predicted octanol–water partition coefficient (Wildman–Crippen LogP) is 4.15. The van der Waals surface area contributed by atoms with E-state index >= 15 is 0 Å². The molecule has 100 valence electrons. The van der Waals surface area contributed by atoms with Gasteiger partial charge in [0.25, 0.3) is 0 Å². The van der Waals surface area contributed by atoms with Crippen molar-refractivity contribution in [3.63, 3.8) is 0 Å². The molecule has 0 spiro atoms. The first kappa shape index (κ1) is 12.5. The van der Waals surface area contributed by atoms with Gasteiger partial charge in [0.15, 0.2) is 0 Å². The summed E-state index contributed by atoms with van der Waals surface area (Å²) in [6.45, 7) is 2.15. The molecule has 1 aromatic heterocycles. The van der Waals surface area contributed by atoms with Gasteiger partial charge in [-0.15, -0.1) is 0 Å². The maximum atomic E-state index is 5.76. The Kier molecular flexibility index (Phi) is 3.25. The van der Waals surface area contributed by atoms with Crippen molar-refractivity contribution in [2.24, 2.45) is 0 Å². The molecule has 3 heteroatoms. The van der Waals surface area contributed by atoms with Crippen LogP contribution in [0.25, 0.3) is 22.6 Å². The van der Waals surface area contributed by atoms with Crippen LogP contribution < -0.4 is 5.73 Å². The van der Waals surface area contributed by atoms with Crippen LogP contribution in [0, 0.1) is 0 Å². The molecule has 20 heavy (non-hydrogen) atoms. The Balaban J connectivity index is 2.12. The number of aromatic nitrogens is 1. The average molecular weight is 264 g/mol. The molecular formula is C17H16N2O. The fourth-order valence-electron chi connectivity index (χ4n) is 2.32. The molecule has 2 aromatic carbocycles. The lowest BCUT2D eigenvalue weighted by Crippen LogP contribution is -1.90. The maximum Gasteiger partial charge on any atom is 0.225 e. The first-order valence-electron chi connectivity index (χ1n) is 6.66. The Labute approximate surface area is 118 Å². The second-order valence-electron chi connectivity index (χ2n) is 4.68. The number of hydrogen-bond donors (Lipinski definition) is 1. The van der Waals surface area contributed by atoms with Gasteiger partial charge in [0.1, 0.15) is 6.26 Å². The minimum absolute atomic E-state index is 0.643. The molecule has 0 atom stereocenters. The summed E-state index contributed by atoms with van der Waals surface area (Å²) in [6, 6.07) is 14.2. The molecule has 0 aliphatic heterocycles. The predicted molar refractivity (Wildman–Crippen MR) is 81.2 cm³/mol. The molecular weight excluding hydrogens is 248 g/mol. The van der Waals surface area contributed by atoms with Crippen molar-refractivity contribution in [1.82, 2.24) is 4.98 Å². The molecule has 0 radical (unpaired) electrons. The molecule has 0 amide bonds. The van der Waals surface area contributed by atoms with Crippen LogP contribution in [-0.4, -0.2) is 4.98 Å². The van der Waals surface area contributed by atoms with Crippen molar-refractivity contribution in [1.29, 1.82) is 0 Å². The number of nitrogen functional groups attached to an aromatic ring is 1. The Morgan fingerprint density at radius 2 is 1.80 bits per heavy atom. The highest BCUT2D eigenvalue weighted by molar-refractivity contribution is 5.74. The minimum Gasteiger partial charge on any atom is -0.445 e. The van der Waals surface area contributed by atoms with E-state index in [4.69, 9.17) is 10.2 Å². The summed E-state index contributed by atoms with van der Waals surface area (Å²) >= 11 is 0. The van der Waals surface area contributed by atoms with Gasteiger partial charge in [0.05, 0.1) is 6.20 Å². The van der Waals surface area contributed by atoms with Gasteiger partial charge in [-0.1, -0.05) is 25.1 Å². The lowest BCUT2D eigenvalue weighted by atomic mass is 9.95. The van der Waals surface area contributed by atoms with E-state index in [9.17, 15) is 0 Å². The molecule has 0 aliphatic carbocycles. The van der Waals surface area contributed by atoms with Gasteiger partial charge in [0, 0.05) is 11.3 Å². The third-order valence-electron chi connectivity index (χ3n) is 3.39. The largest absolute Gasteiger partial charge is 0.445 e. The van der Waals surface area contributed by atoms with Gasteiger partial charge >= 0.3 is 0 Å². The molecule has 1 heterocycles. The van der Waals surface area contributed by atoms with E-state index in [0.717, 1.165) is 23.2 Å². The monoisotopic (exact) mass is 264 g/mol. The average Bonchev–Trinajstić information content (AvgIpc) is 3.02. The number of benzene rings is 2. The molecule has 0 bridgehead atoms. The molecule has 0 saturated carbocycles. The normalized spacial score (nSPS) is 10.7. The Bertz CT molecular complexity index is 700. The fraction of sp³-hybridized carbons (Fsp3) is 0.118. The number of nitrogens with zero attached hydrogens (tertiary/aromatic N) is 1. The maximum absolute atomic E-state index is 5.76. The third kappa shape index (κ3) is 2.30. The van der Waals surface area contributed by atoms with E-state index < -0.39 is 0 Å². The van der Waals surface area contributed by atoms with E-state index in [1.807, 2.05) is 30.3 Å². The Hall–Kier alpha value is -2.55. The SMILES string of the molecule is CCc1ccc(-c2ncco2)cc1-c1ccc(N)cc1. The van der Waals surface area contributed by atoms with Crippen molar-refractivity contribution in [2.45, 2.75) is 13.3 Å². The molecule has 0 aliphatic rings. The van der Waals surface area contributed by atoms with E-state index in [-0.39, 0.29) is 0 Å². The first-order chi connectivity index (χ1) is 9.78. The molecule has 0 unspecified atom stereocenters. The van der Waals surface area contributed by atoms with E-state index in [1.54, 1.807) is 12.5 Å². The molecule has 3 nitrogen and oxygen atoms in total. The van der Waals surface area contributed by atoms with Crippen LogP contribution in [0.5, 0.6) is 0 Å². The third-order valence-corrected chi connectivity index (χ3v) is 3.39. The van der Waals surface area contributed by atoms with Crippen LogP contribution in [0.3, 0.4) is 0 Å². The van der Waals surface area contributed by atoms with E-state index in [2.05, 4.69) is 24.0 Å². The van der Waals surface area contributed by atoms with Crippen molar-refractivity contribution in [3.8, 4) is 22.6 Å². The number of aryl methyl sites for hydroxylation is 1. The summed E-state index contributed by atoms with van der Waals surface area (Å²) in [5.74, 6) is 0.643. The zero-order chi connectivity index (χ0) is 13.9. The highest BCUT2D eigenvalue weighted by Gasteiger charge is 2.09. The molecule has 0 saturated heterocycles. The van der Waals surface area contributed by atoms with E-state index in [0.29, 0.717) is 5.89 Å². The van der Waals surface area contributed by atoms with Crippen LogP contribution in [0.15, 0.2) is 59.3 Å². The van der Waals surface area contributed by atoms with Gasteiger partial charge in [-0.25, -0.2) is 4.98 Å². The van der Waals surface area contributed by atoms with Crippen molar-refractivity contribution in [3.05, 3.63) is 60.5 Å². The molecule has 3 rings (SSSR count). The zero-order valence-corrected chi connectivity index (χ0v) is 11.3. The fourth-order valence-corrected chi connectivity index (χ4v) is 2.32. The topological polar surface area (TPSA) is 52.0 Å². The Morgan fingerprint density at radius 1 is 1.05 bits per heavy atom. The summed E-state index contributed by atoms with van der Waals surface area (Å²) in [5.41, 5.74) is 11.2. The first-order valence-corrected chi connectivity index (χ1v) is 6.66.